The predicted octanol–water partition coefficient (Wildman–Crippen LogP) is 0.565. The summed E-state index contributed by atoms with van der Waals surface area (Å²) in [6, 6.07) is 3.58. The smallest absolute Gasteiger partial charge is 0.320 e. The number of halogens is 3. The molecule has 0 radical (unpaired) electrons. The van der Waals surface area contributed by atoms with Gasteiger partial charge in [0.15, 0.2) is 0 Å². The van der Waals surface area contributed by atoms with Gasteiger partial charge in [-0.3, -0.25) is 10.2 Å². The highest BCUT2D eigenvalue weighted by atomic mass is 19.4. The van der Waals surface area contributed by atoms with E-state index >= 15 is 0 Å². The summed E-state index contributed by atoms with van der Waals surface area (Å²) < 4.78 is 36.8. The molecular formula is C10H12F3N3O. The number of amides is 1. The van der Waals surface area contributed by atoms with Crippen LogP contribution in [0.2, 0.25) is 0 Å². The molecule has 0 fully saturated rings. The van der Waals surface area contributed by atoms with Crippen LogP contribution in [0.15, 0.2) is 24.3 Å². The maximum atomic E-state index is 12.3. The average molecular weight is 247 g/mol. The van der Waals surface area contributed by atoms with Crippen molar-refractivity contribution in [1.29, 1.82) is 0 Å². The van der Waals surface area contributed by atoms with Crippen molar-refractivity contribution >= 4 is 5.91 Å². The number of benzene rings is 1. The summed E-state index contributed by atoms with van der Waals surface area (Å²) in [5.74, 6) is 4.31. The number of hydrazine groups is 1. The quantitative estimate of drug-likeness (QED) is 0.415. The average Bonchev–Trinajstić information content (AvgIpc) is 2.27. The third kappa shape index (κ3) is 3.72. The molecule has 17 heavy (non-hydrogen) atoms. The summed E-state index contributed by atoms with van der Waals surface area (Å²) in [6.07, 6.45) is -4.24. The van der Waals surface area contributed by atoms with Crippen molar-refractivity contribution in [3.8, 4) is 0 Å². The molecular weight excluding hydrogens is 235 g/mol. The van der Waals surface area contributed by atoms with Crippen LogP contribution in [0.25, 0.3) is 0 Å². The fourth-order valence-electron chi connectivity index (χ4n) is 1.28. The lowest BCUT2D eigenvalue weighted by Crippen LogP contribution is -2.45. The number of hydrogen-bond acceptors (Lipinski definition) is 3. The molecule has 0 spiro atoms. The Hall–Kier alpha value is -1.60. The number of nitrogens with one attached hydrogen (secondary N) is 1. The molecule has 0 heterocycles. The van der Waals surface area contributed by atoms with Crippen LogP contribution >= 0.6 is 0 Å². The summed E-state index contributed by atoms with van der Waals surface area (Å²) in [5.41, 5.74) is 7.14. The van der Waals surface area contributed by atoms with Crippen LogP contribution in [-0.2, 0) is 17.4 Å². The van der Waals surface area contributed by atoms with E-state index in [0.717, 1.165) is 12.1 Å². The lowest BCUT2D eigenvalue weighted by molar-refractivity contribution is -0.137. The van der Waals surface area contributed by atoms with Crippen molar-refractivity contribution in [3.05, 3.63) is 35.4 Å². The molecule has 0 bridgehead atoms. The van der Waals surface area contributed by atoms with Crippen molar-refractivity contribution < 1.29 is 18.0 Å². The Labute approximate surface area is 95.7 Å². The van der Waals surface area contributed by atoms with E-state index in [0.29, 0.717) is 5.56 Å². The van der Waals surface area contributed by atoms with E-state index in [1.165, 1.54) is 12.1 Å². The van der Waals surface area contributed by atoms with Gasteiger partial charge in [0.1, 0.15) is 0 Å². The maximum Gasteiger partial charge on any atom is 0.416 e. The highest BCUT2D eigenvalue weighted by molar-refractivity contribution is 5.81. The fraction of sp³-hybridized carbons (Fsp3) is 0.300. The van der Waals surface area contributed by atoms with Gasteiger partial charge in [-0.2, -0.15) is 13.2 Å². The molecule has 1 aromatic carbocycles. The molecule has 4 nitrogen and oxygen atoms in total. The van der Waals surface area contributed by atoms with E-state index in [4.69, 9.17) is 11.6 Å². The fourth-order valence-corrected chi connectivity index (χ4v) is 1.28. The van der Waals surface area contributed by atoms with Gasteiger partial charge in [0.25, 0.3) is 5.91 Å². The molecule has 1 rings (SSSR count). The zero-order chi connectivity index (χ0) is 13.1. The molecule has 1 amide bonds. The summed E-state index contributed by atoms with van der Waals surface area (Å²) in [5, 5.41) is 0. The van der Waals surface area contributed by atoms with Gasteiger partial charge in [-0.15, -0.1) is 0 Å². The Morgan fingerprint density at radius 1 is 1.29 bits per heavy atom. The zero-order valence-corrected chi connectivity index (χ0v) is 8.79. The van der Waals surface area contributed by atoms with E-state index < -0.39 is 23.7 Å². The number of rotatable bonds is 3. The second-order valence-electron chi connectivity index (χ2n) is 3.51. The summed E-state index contributed by atoms with van der Waals surface area (Å²) in [7, 11) is 0. The van der Waals surface area contributed by atoms with Gasteiger partial charge in [0.05, 0.1) is 11.6 Å². The molecule has 7 heteroatoms. The van der Waals surface area contributed by atoms with Gasteiger partial charge < -0.3 is 5.73 Å². The topological polar surface area (TPSA) is 81.1 Å². The van der Waals surface area contributed by atoms with Crippen LogP contribution in [0.3, 0.4) is 0 Å². The lowest BCUT2D eigenvalue weighted by atomic mass is 10.0. The second-order valence-corrected chi connectivity index (χ2v) is 3.51. The van der Waals surface area contributed by atoms with Crippen molar-refractivity contribution in [2.75, 3.05) is 0 Å². The monoisotopic (exact) mass is 247 g/mol. The molecule has 1 aromatic rings. The van der Waals surface area contributed by atoms with Gasteiger partial charge >= 0.3 is 6.18 Å². The first kappa shape index (κ1) is 13.5. The molecule has 5 N–H and O–H groups in total. The minimum Gasteiger partial charge on any atom is -0.320 e. The first-order valence-electron chi connectivity index (χ1n) is 4.76. The summed E-state index contributed by atoms with van der Waals surface area (Å²) >= 11 is 0. The summed E-state index contributed by atoms with van der Waals surface area (Å²) in [4.78, 5) is 11.0. The first-order chi connectivity index (χ1) is 7.84. The lowest BCUT2D eigenvalue weighted by Gasteiger charge is -2.11. The first-order valence-corrected chi connectivity index (χ1v) is 4.76. The maximum absolute atomic E-state index is 12.3. The Balaban J connectivity index is 2.72. The van der Waals surface area contributed by atoms with Gasteiger partial charge in [0, 0.05) is 0 Å². The Bertz CT molecular complexity index is 389. The second kappa shape index (κ2) is 5.15. The van der Waals surface area contributed by atoms with Crippen molar-refractivity contribution in [1.82, 2.24) is 5.43 Å². The summed E-state index contributed by atoms with van der Waals surface area (Å²) in [6.45, 7) is 0. The molecule has 0 unspecified atom stereocenters. The molecule has 0 aliphatic rings. The van der Waals surface area contributed by atoms with Crippen LogP contribution in [0.4, 0.5) is 13.2 Å². The van der Waals surface area contributed by atoms with Crippen LogP contribution in [0.5, 0.6) is 0 Å². The molecule has 1 atom stereocenters. The highest BCUT2D eigenvalue weighted by Crippen LogP contribution is 2.29. The van der Waals surface area contributed by atoms with Crippen LogP contribution in [0, 0.1) is 0 Å². The van der Waals surface area contributed by atoms with Crippen molar-refractivity contribution in [3.63, 3.8) is 0 Å². The third-order valence-corrected chi connectivity index (χ3v) is 2.22. The molecule has 94 valence electrons. The van der Waals surface area contributed by atoms with Crippen LogP contribution in [-0.4, -0.2) is 11.9 Å². The molecule has 0 aliphatic heterocycles. The standard InChI is InChI=1S/C10H12F3N3O/c11-10(12,13)7-3-1-6(2-4-7)5-8(14)9(17)16-15/h1-4,8H,5,14-15H2,(H,16,17)/t8-/m1/s1. The highest BCUT2D eigenvalue weighted by Gasteiger charge is 2.30. The minimum absolute atomic E-state index is 0.126. The van der Waals surface area contributed by atoms with Gasteiger partial charge in [0.2, 0.25) is 0 Å². The number of nitrogens with two attached hydrogens (primary N) is 2. The van der Waals surface area contributed by atoms with Crippen molar-refractivity contribution in [2.24, 2.45) is 11.6 Å². The SMILES string of the molecule is NNC(=O)[C@H](N)Cc1ccc(C(F)(F)F)cc1. The predicted molar refractivity (Wildman–Crippen MR) is 55.5 cm³/mol. The minimum atomic E-state index is -4.37. The van der Waals surface area contributed by atoms with Crippen LogP contribution < -0.4 is 17.0 Å². The Morgan fingerprint density at radius 3 is 2.24 bits per heavy atom. The largest absolute Gasteiger partial charge is 0.416 e. The Kier molecular flexibility index (Phi) is 4.08. The van der Waals surface area contributed by atoms with E-state index in [1.807, 2.05) is 5.43 Å². The number of alkyl halides is 3. The Morgan fingerprint density at radius 2 is 1.82 bits per heavy atom. The number of hydrogen-bond donors (Lipinski definition) is 3. The van der Waals surface area contributed by atoms with E-state index in [9.17, 15) is 18.0 Å². The molecule has 0 aromatic heterocycles. The normalized spacial score (nSPS) is 13.2. The number of carbonyl (C=O) groups excluding carboxylic acids is 1. The number of carbonyl (C=O) groups is 1. The van der Waals surface area contributed by atoms with Crippen molar-refractivity contribution in [2.45, 2.75) is 18.6 Å². The molecule has 0 aliphatic carbocycles. The molecule has 0 saturated heterocycles. The zero-order valence-electron chi connectivity index (χ0n) is 8.79. The van der Waals surface area contributed by atoms with Gasteiger partial charge in [-0.25, -0.2) is 5.84 Å². The van der Waals surface area contributed by atoms with E-state index in [-0.39, 0.29) is 6.42 Å². The third-order valence-electron chi connectivity index (χ3n) is 2.22. The van der Waals surface area contributed by atoms with E-state index in [2.05, 4.69) is 0 Å². The van der Waals surface area contributed by atoms with Crippen LogP contribution in [0.1, 0.15) is 11.1 Å². The molecule has 0 saturated carbocycles. The van der Waals surface area contributed by atoms with Gasteiger partial charge in [-0.05, 0) is 24.1 Å². The van der Waals surface area contributed by atoms with Gasteiger partial charge in [-0.1, -0.05) is 12.1 Å². The van der Waals surface area contributed by atoms with E-state index in [1.54, 1.807) is 0 Å².